The zero-order chi connectivity index (χ0) is 23.1. The van der Waals surface area contributed by atoms with Gasteiger partial charge in [0.1, 0.15) is 6.04 Å². The highest BCUT2D eigenvalue weighted by Gasteiger charge is 2.23. The highest BCUT2D eigenvalue weighted by Crippen LogP contribution is 2.23. The van der Waals surface area contributed by atoms with Crippen molar-refractivity contribution >= 4 is 5.97 Å². The molecular formula is C25H44N2O3. The summed E-state index contributed by atoms with van der Waals surface area (Å²) < 4.78 is 5.82. The number of aliphatic carboxylic acids is 1. The molecule has 1 unspecified atom stereocenters. The predicted molar refractivity (Wildman–Crippen MR) is 125 cm³/mol. The van der Waals surface area contributed by atoms with Crippen molar-refractivity contribution in [2.24, 2.45) is 17.6 Å². The van der Waals surface area contributed by atoms with Crippen LogP contribution in [0.3, 0.4) is 0 Å². The molecule has 1 aromatic carbocycles. The molecule has 0 radical (unpaired) electrons. The third kappa shape index (κ3) is 9.59. The quantitative estimate of drug-likeness (QED) is 0.716. The number of carbonyl (C=O) groups is 1. The van der Waals surface area contributed by atoms with E-state index in [9.17, 15) is 4.79 Å². The highest BCUT2D eigenvalue weighted by molar-refractivity contribution is 5.73. The molecular weight excluding hydrogens is 376 g/mol. The minimum absolute atomic E-state index is 0.0208. The van der Waals surface area contributed by atoms with E-state index in [1.54, 1.807) is 13.8 Å². The summed E-state index contributed by atoms with van der Waals surface area (Å²) in [7, 11) is 0. The van der Waals surface area contributed by atoms with E-state index in [1.165, 1.54) is 17.7 Å². The van der Waals surface area contributed by atoms with Crippen molar-refractivity contribution in [3.63, 3.8) is 0 Å². The lowest BCUT2D eigenvalue weighted by Crippen LogP contribution is -2.47. The van der Waals surface area contributed by atoms with Crippen LogP contribution in [-0.2, 0) is 21.4 Å². The number of rotatable bonds is 6. The lowest BCUT2D eigenvalue weighted by molar-refractivity contribution is -0.139. The molecule has 0 bridgehead atoms. The molecule has 0 spiro atoms. The molecule has 5 heteroatoms. The molecule has 1 heterocycles. The van der Waals surface area contributed by atoms with Crippen molar-refractivity contribution in [2.45, 2.75) is 85.5 Å². The second kappa shape index (κ2) is 11.8. The summed E-state index contributed by atoms with van der Waals surface area (Å²) in [6.07, 6.45) is 1.88. The zero-order valence-electron chi connectivity index (χ0n) is 20.3. The number of hydrogen-bond acceptors (Lipinski definition) is 4. The third-order valence-corrected chi connectivity index (χ3v) is 5.47. The van der Waals surface area contributed by atoms with Crippen molar-refractivity contribution in [1.82, 2.24) is 4.90 Å². The smallest absolute Gasteiger partial charge is 0.320 e. The van der Waals surface area contributed by atoms with Gasteiger partial charge in [-0.1, -0.05) is 65.8 Å². The van der Waals surface area contributed by atoms with E-state index in [4.69, 9.17) is 15.6 Å². The molecule has 1 aromatic rings. The Morgan fingerprint density at radius 1 is 1.13 bits per heavy atom. The summed E-state index contributed by atoms with van der Waals surface area (Å²) in [5.41, 5.74) is 8.27. The average Bonchev–Trinajstić information content (AvgIpc) is 2.60. The van der Waals surface area contributed by atoms with Gasteiger partial charge in [0.25, 0.3) is 0 Å². The van der Waals surface area contributed by atoms with E-state index in [1.807, 2.05) is 0 Å². The van der Waals surface area contributed by atoms with Gasteiger partial charge in [-0.15, -0.1) is 0 Å². The van der Waals surface area contributed by atoms with Crippen LogP contribution < -0.4 is 5.73 Å². The molecule has 0 aromatic heterocycles. The number of morpholine rings is 1. The lowest BCUT2D eigenvalue weighted by atomic mass is 9.86. The van der Waals surface area contributed by atoms with Gasteiger partial charge in [-0.2, -0.15) is 0 Å². The predicted octanol–water partition coefficient (Wildman–Crippen LogP) is 4.33. The molecule has 0 amide bonds. The van der Waals surface area contributed by atoms with Gasteiger partial charge in [0.15, 0.2) is 0 Å². The van der Waals surface area contributed by atoms with E-state index >= 15 is 0 Å². The fourth-order valence-electron chi connectivity index (χ4n) is 3.77. The van der Waals surface area contributed by atoms with Crippen molar-refractivity contribution in [3.05, 3.63) is 35.4 Å². The Morgan fingerprint density at radius 2 is 1.63 bits per heavy atom. The summed E-state index contributed by atoms with van der Waals surface area (Å²) in [6.45, 7) is 20.4. The Hall–Kier alpha value is -1.43. The van der Waals surface area contributed by atoms with Gasteiger partial charge in [0.2, 0.25) is 0 Å². The Balaban J connectivity index is 0.000000479. The molecule has 3 N–H and O–H groups in total. The minimum Gasteiger partial charge on any atom is -0.480 e. The molecule has 1 aliphatic rings. The Kier molecular flexibility index (Phi) is 10.5. The van der Waals surface area contributed by atoms with E-state index in [-0.39, 0.29) is 11.3 Å². The van der Waals surface area contributed by atoms with Crippen LogP contribution in [-0.4, -0.2) is 53.9 Å². The van der Waals surface area contributed by atoms with Crippen LogP contribution >= 0.6 is 0 Å². The maximum Gasteiger partial charge on any atom is 0.320 e. The number of carboxylic acids is 1. The van der Waals surface area contributed by atoms with Gasteiger partial charge in [0.05, 0.1) is 12.2 Å². The number of hydrogen-bond donors (Lipinski definition) is 2. The second-order valence-electron chi connectivity index (χ2n) is 10.3. The molecule has 0 aliphatic carbocycles. The van der Waals surface area contributed by atoms with Gasteiger partial charge >= 0.3 is 5.97 Å². The van der Waals surface area contributed by atoms with Gasteiger partial charge in [-0.05, 0) is 48.6 Å². The van der Waals surface area contributed by atoms with Crippen LogP contribution in [0, 0.1) is 11.8 Å². The maximum atomic E-state index is 10.0. The van der Waals surface area contributed by atoms with Gasteiger partial charge < -0.3 is 15.6 Å². The third-order valence-electron chi connectivity index (χ3n) is 5.47. The SMILES string of the molecule is CC(C)[C@H](N)C(=O)O.CC(Cc1ccc(C(C)(C)C)cc1)CN1C[C@@H](C)O[C@@H](C)C1. The van der Waals surface area contributed by atoms with Crippen LogP contribution in [0.4, 0.5) is 0 Å². The maximum absolute atomic E-state index is 10.0. The second-order valence-corrected chi connectivity index (χ2v) is 10.3. The van der Waals surface area contributed by atoms with Crippen LogP contribution in [0.5, 0.6) is 0 Å². The van der Waals surface area contributed by atoms with Crippen LogP contribution in [0.2, 0.25) is 0 Å². The Labute approximate surface area is 184 Å². The number of carboxylic acid groups (broad SMARTS) is 1. The fraction of sp³-hybridized carbons (Fsp3) is 0.720. The first-order valence-electron chi connectivity index (χ1n) is 11.2. The van der Waals surface area contributed by atoms with E-state index in [0.29, 0.717) is 18.1 Å². The van der Waals surface area contributed by atoms with Crippen molar-refractivity contribution < 1.29 is 14.6 Å². The van der Waals surface area contributed by atoms with Gasteiger partial charge in [0, 0.05) is 19.6 Å². The zero-order valence-corrected chi connectivity index (χ0v) is 20.3. The van der Waals surface area contributed by atoms with Crippen LogP contribution in [0.25, 0.3) is 0 Å². The number of nitrogens with two attached hydrogens (primary N) is 1. The molecule has 2 rings (SSSR count). The molecule has 1 aliphatic heterocycles. The van der Waals surface area contributed by atoms with Gasteiger partial charge in [-0.3, -0.25) is 9.69 Å². The fourth-order valence-corrected chi connectivity index (χ4v) is 3.77. The Morgan fingerprint density at radius 3 is 2.00 bits per heavy atom. The summed E-state index contributed by atoms with van der Waals surface area (Å²) in [5.74, 6) is -0.231. The summed E-state index contributed by atoms with van der Waals surface area (Å²) in [5, 5.41) is 8.23. The Bertz CT molecular complexity index is 627. The van der Waals surface area contributed by atoms with Crippen LogP contribution in [0.1, 0.15) is 66.5 Å². The van der Waals surface area contributed by atoms with Crippen molar-refractivity contribution in [3.8, 4) is 0 Å². The number of nitrogens with zero attached hydrogens (tertiary/aromatic N) is 1. The molecule has 172 valence electrons. The first kappa shape index (κ1) is 26.6. The first-order chi connectivity index (χ1) is 13.8. The highest BCUT2D eigenvalue weighted by atomic mass is 16.5. The minimum atomic E-state index is -0.931. The monoisotopic (exact) mass is 420 g/mol. The van der Waals surface area contributed by atoms with E-state index < -0.39 is 12.0 Å². The van der Waals surface area contributed by atoms with Crippen molar-refractivity contribution in [2.75, 3.05) is 19.6 Å². The topological polar surface area (TPSA) is 75.8 Å². The van der Waals surface area contributed by atoms with Crippen molar-refractivity contribution in [1.29, 1.82) is 0 Å². The molecule has 1 saturated heterocycles. The first-order valence-corrected chi connectivity index (χ1v) is 11.2. The lowest BCUT2D eigenvalue weighted by Gasteiger charge is -2.36. The summed E-state index contributed by atoms with van der Waals surface area (Å²) in [6, 6.07) is 8.49. The van der Waals surface area contributed by atoms with E-state index in [2.05, 4.69) is 70.7 Å². The summed E-state index contributed by atoms with van der Waals surface area (Å²) in [4.78, 5) is 12.6. The molecule has 1 fully saturated rings. The molecule has 4 atom stereocenters. The molecule has 5 nitrogen and oxygen atoms in total. The standard InChI is InChI=1S/C20H33NO.C5H11NO2/c1-15(12-21-13-16(2)22-17(3)14-21)11-18-7-9-19(10-8-18)20(4,5)6;1-3(2)4(6)5(7)8/h7-10,15-17H,11-14H2,1-6H3;3-4H,6H2,1-2H3,(H,7,8)/t15?,16-,17+;4-/m.0/s1. The molecule has 0 saturated carbocycles. The number of benzene rings is 1. The van der Waals surface area contributed by atoms with E-state index in [0.717, 1.165) is 19.5 Å². The van der Waals surface area contributed by atoms with Crippen LogP contribution in [0.15, 0.2) is 24.3 Å². The largest absolute Gasteiger partial charge is 0.480 e. The van der Waals surface area contributed by atoms with Gasteiger partial charge in [-0.25, -0.2) is 0 Å². The molecule has 30 heavy (non-hydrogen) atoms. The summed E-state index contributed by atoms with van der Waals surface area (Å²) >= 11 is 0. The normalized spacial score (nSPS) is 22.2. The number of ether oxygens (including phenoxy) is 1. The average molecular weight is 421 g/mol.